The van der Waals surface area contributed by atoms with E-state index in [1.165, 1.54) is 12.4 Å². The molecule has 4 N–H and O–H groups in total. The molecule has 1 aromatic heterocycles. The number of H-pyrrole nitrogens is 1. The van der Waals surface area contributed by atoms with Gasteiger partial charge >= 0.3 is 0 Å². The third-order valence-electron chi connectivity index (χ3n) is 2.48. The molecule has 90 valence electrons. The summed E-state index contributed by atoms with van der Waals surface area (Å²) in [5.74, 6) is 0.615. The van der Waals surface area contributed by atoms with E-state index in [-0.39, 0.29) is 11.0 Å². The van der Waals surface area contributed by atoms with Crippen LogP contribution >= 0.6 is 0 Å². The summed E-state index contributed by atoms with van der Waals surface area (Å²) in [6.07, 6.45) is 3.47. The molecule has 0 spiro atoms. The van der Waals surface area contributed by atoms with E-state index in [0.717, 1.165) is 19.4 Å². The van der Waals surface area contributed by atoms with Crippen molar-refractivity contribution in [3.05, 3.63) is 22.7 Å². The highest BCUT2D eigenvalue weighted by atomic mass is 16.1. The van der Waals surface area contributed by atoms with Crippen LogP contribution < -0.4 is 16.6 Å². The summed E-state index contributed by atoms with van der Waals surface area (Å²) >= 11 is 0. The van der Waals surface area contributed by atoms with Crippen molar-refractivity contribution in [3.8, 4) is 0 Å². The minimum atomic E-state index is -0.141. The van der Waals surface area contributed by atoms with Gasteiger partial charge in [0.25, 0.3) is 5.56 Å². The Hall–Kier alpha value is -1.36. The lowest BCUT2D eigenvalue weighted by atomic mass is 9.88. The smallest absolute Gasteiger partial charge is 0.252 e. The van der Waals surface area contributed by atoms with Gasteiger partial charge in [0.2, 0.25) is 0 Å². The molecule has 0 saturated heterocycles. The van der Waals surface area contributed by atoms with Crippen molar-refractivity contribution in [2.24, 2.45) is 11.1 Å². The normalized spacial score (nSPS) is 11.4. The highest BCUT2D eigenvalue weighted by molar-refractivity contribution is 5.31. The van der Waals surface area contributed by atoms with Gasteiger partial charge in [0.05, 0.1) is 6.33 Å². The summed E-state index contributed by atoms with van der Waals surface area (Å²) in [6.45, 7) is 5.84. The molecule has 0 atom stereocenters. The predicted molar refractivity (Wildman–Crippen MR) is 65.4 cm³/mol. The summed E-state index contributed by atoms with van der Waals surface area (Å²) in [4.78, 5) is 17.5. The Balaban J connectivity index is 2.47. The summed E-state index contributed by atoms with van der Waals surface area (Å²) in [6, 6.07) is 1.46. The van der Waals surface area contributed by atoms with Crippen LogP contribution in [-0.4, -0.2) is 23.1 Å². The number of aromatic amines is 1. The van der Waals surface area contributed by atoms with E-state index in [4.69, 9.17) is 5.73 Å². The highest BCUT2D eigenvalue weighted by Gasteiger charge is 2.16. The fourth-order valence-electron chi connectivity index (χ4n) is 1.46. The average molecular weight is 224 g/mol. The molecule has 1 aromatic rings. The summed E-state index contributed by atoms with van der Waals surface area (Å²) in [5.41, 5.74) is 5.50. The molecule has 0 radical (unpaired) electrons. The van der Waals surface area contributed by atoms with Gasteiger partial charge in [0.1, 0.15) is 5.82 Å². The number of nitrogens with two attached hydrogens (primary N) is 1. The minimum absolute atomic E-state index is 0.141. The predicted octanol–water partition coefficient (Wildman–Crippen LogP) is 0.947. The first-order chi connectivity index (χ1) is 7.53. The van der Waals surface area contributed by atoms with Crippen molar-refractivity contribution in [2.45, 2.75) is 26.7 Å². The van der Waals surface area contributed by atoms with Gasteiger partial charge in [-0.1, -0.05) is 13.8 Å². The lowest BCUT2D eigenvalue weighted by Crippen LogP contribution is -2.25. The fourth-order valence-corrected chi connectivity index (χ4v) is 1.46. The molecule has 1 rings (SSSR count). The first-order valence-corrected chi connectivity index (χ1v) is 5.52. The zero-order valence-corrected chi connectivity index (χ0v) is 9.92. The number of hydrogen-bond acceptors (Lipinski definition) is 4. The Morgan fingerprint density at radius 1 is 1.56 bits per heavy atom. The molecule has 0 saturated carbocycles. The van der Waals surface area contributed by atoms with Crippen molar-refractivity contribution < 1.29 is 0 Å². The minimum Gasteiger partial charge on any atom is -0.369 e. The van der Waals surface area contributed by atoms with Crippen LogP contribution in [0.2, 0.25) is 0 Å². The van der Waals surface area contributed by atoms with Gasteiger partial charge in [-0.3, -0.25) is 4.79 Å². The Labute approximate surface area is 95.5 Å². The molecule has 0 aromatic carbocycles. The first-order valence-electron chi connectivity index (χ1n) is 5.52. The second-order valence-corrected chi connectivity index (χ2v) is 4.71. The molecule has 5 heteroatoms. The van der Waals surface area contributed by atoms with Gasteiger partial charge in [-0.25, -0.2) is 4.98 Å². The van der Waals surface area contributed by atoms with E-state index in [1.54, 1.807) is 0 Å². The number of rotatable bonds is 6. The Morgan fingerprint density at radius 3 is 2.94 bits per heavy atom. The third kappa shape index (κ3) is 4.44. The van der Waals surface area contributed by atoms with E-state index in [2.05, 4.69) is 29.1 Å². The van der Waals surface area contributed by atoms with Gasteiger partial charge < -0.3 is 16.0 Å². The topological polar surface area (TPSA) is 83.8 Å². The molecule has 0 amide bonds. The zero-order valence-electron chi connectivity index (χ0n) is 9.92. The molecule has 0 aliphatic rings. The maximum atomic E-state index is 11.0. The summed E-state index contributed by atoms with van der Waals surface area (Å²) in [5, 5.41) is 3.16. The molecule has 0 aliphatic carbocycles. The summed E-state index contributed by atoms with van der Waals surface area (Å²) < 4.78 is 0. The monoisotopic (exact) mass is 224 g/mol. The number of aromatic nitrogens is 2. The second-order valence-electron chi connectivity index (χ2n) is 4.71. The highest BCUT2D eigenvalue weighted by Crippen LogP contribution is 2.21. The maximum Gasteiger partial charge on any atom is 0.252 e. The van der Waals surface area contributed by atoms with Crippen molar-refractivity contribution in [2.75, 3.05) is 18.4 Å². The van der Waals surface area contributed by atoms with Gasteiger partial charge in [0.15, 0.2) is 0 Å². The molecule has 0 unspecified atom stereocenters. The SMILES string of the molecule is CC(C)(CCCN)CNc1cc(=O)[nH]cn1. The number of hydrogen-bond donors (Lipinski definition) is 3. The molecule has 16 heavy (non-hydrogen) atoms. The van der Waals surface area contributed by atoms with E-state index in [0.29, 0.717) is 12.4 Å². The third-order valence-corrected chi connectivity index (χ3v) is 2.48. The van der Waals surface area contributed by atoms with Gasteiger partial charge in [-0.05, 0) is 24.8 Å². The Morgan fingerprint density at radius 2 is 2.31 bits per heavy atom. The van der Waals surface area contributed by atoms with Gasteiger partial charge in [-0.15, -0.1) is 0 Å². The molecule has 0 bridgehead atoms. The molecule has 0 fully saturated rings. The lowest BCUT2D eigenvalue weighted by molar-refractivity contribution is 0.350. The van der Waals surface area contributed by atoms with Crippen LogP contribution in [0.15, 0.2) is 17.2 Å². The second kappa shape index (κ2) is 5.65. The van der Waals surface area contributed by atoms with Crippen LogP contribution in [0.4, 0.5) is 5.82 Å². The van der Waals surface area contributed by atoms with Crippen molar-refractivity contribution in [3.63, 3.8) is 0 Å². The van der Waals surface area contributed by atoms with E-state index in [9.17, 15) is 4.79 Å². The zero-order chi connectivity index (χ0) is 12.0. The number of nitrogens with zero attached hydrogens (tertiary/aromatic N) is 1. The van der Waals surface area contributed by atoms with Crippen molar-refractivity contribution >= 4 is 5.82 Å². The Bertz CT molecular complexity index is 372. The Kier molecular flexibility index (Phi) is 4.49. The van der Waals surface area contributed by atoms with Crippen LogP contribution in [0.5, 0.6) is 0 Å². The van der Waals surface area contributed by atoms with Crippen molar-refractivity contribution in [1.82, 2.24) is 9.97 Å². The molecule has 0 aliphatic heterocycles. The molecule has 1 heterocycles. The molecular formula is C11H20N4O. The van der Waals surface area contributed by atoms with Crippen LogP contribution in [0, 0.1) is 5.41 Å². The quantitative estimate of drug-likeness (QED) is 0.671. The van der Waals surface area contributed by atoms with E-state index < -0.39 is 0 Å². The first kappa shape index (κ1) is 12.7. The largest absolute Gasteiger partial charge is 0.369 e. The maximum absolute atomic E-state index is 11.0. The van der Waals surface area contributed by atoms with Crippen LogP contribution in [-0.2, 0) is 0 Å². The van der Waals surface area contributed by atoms with Gasteiger partial charge in [0, 0.05) is 12.6 Å². The average Bonchev–Trinajstić information content (AvgIpc) is 2.24. The molecular weight excluding hydrogens is 204 g/mol. The van der Waals surface area contributed by atoms with Crippen molar-refractivity contribution in [1.29, 1.82) is 0 Å². The van der Waals surface area contributed by atoms with Crippen LogP contribution in [0.1, 0.15) is 26.7 Å². The van der Waals surface area contributed by atoms with Crippen LogP contribution in [0.25, 0.3) is 0 Å². The molecule has 5 nitrogen and oxygen atoms in total. The number of anilines is 1. The van der Waals surface area contributed by atoms with E-state index >= 15 is 0 Å². The van der Waals surface area contributed by atoms with Gasteiger partial charge in [-0.2, -0.15) is 0 Å². The summed E-state index contributed by atoms with van der Waals surface area (Å²) in [7, 11) is 0. The van der Waals surface area contributed by atoms with Crippen LogP contribution in [0.3, 0.4) is 0 Å². The lowest BCUT2D eigenvalue weighted by Gasteiger charge is -2.24. The standard InChI is InChI=1S/C11H20N4O/c1-11(2,4-3-5-12)7-13-9-6-10(16)15-8-14-9/h6,8H,3-5,7,12H2,1-2H3,(H2,13,14,15,16). The fraction of sp³-hybridized carbons (Fsp3) is 0.636. The number of nitrogens with one attached hydrogen (secondary N) is 2. The van der Waals surface area contributed by atoms with E-state index in [1.807, 2.05) is 0 Å².